The Morgan fingerprint density at radius 2 is 2.00 bits per heavy atom. The number of ether oxygens (including phenoxy) is 1. The molecule has 0 aromatic heterocycles. The maximum atomic E-state index is 12.0. The summed E-state index contributed by atoms with van der Waals surface area (Å²) in [7, 11) is 1.68. The molecule has 1 amide bonds. The maximum absolute atomic E-state index is 12.0. The average molecular weight is 269 g/mol. The molecular formula is C14H27N3O2. The highest BCUT2D eigenvalue weighted by Gasteiger charge is 2.31. The molecule has 5 heteroatoms. The number of hydrogen-bond acceptors (Lipinski definition) is 4. The van der Waals surface area contributed by atoms with Crippen LogP contribution < -0.4 is 5.73 Å². The van der Waals surface area contributed by atoms with Crippen LogP contribution in [0.3, 0.4) is 0 Å². The predicted molar refractivity (Wildman–Crippen MR) is 74.9 cm³/mol. The van der Waals surface area contributed by atoms with Crippen LogP contribution in [0.4, 0.5) is 0 Å². The van der Waals surface area contributed by atoms with Gasteiger partial charge in [0, 0.05) is 45.3 Å². The molecule has 19 heavy (non-hydrogen) atoms. The third-order valence-electron chi connectivity index (χ3n) is 4.35. The quantitative estimate of drug-likeness (QED) is 0.736. The van der Waals surface area contributed by atoms with Gasteiger partial charge in [-0.2, -0.15) is 0 Å². The van der Waals surface area contributed by atoms with E-state index in [1.54, 1.807) is 7.11 Å². The molecule has 0 aliphatic carbocycles. The van der Waals surface area contributed by atoms with Gasteiger partial charge in [0.2, 0.25) is 5.91 Å². The first-order valence-electron chi connectivity index (χ1n) is 7.47. The van der Waals surface area contributed by atoms with Gasteiger partial charge in [0.1, 0.15) is 0 Å². The molecule has 2 saturated heterocycles. The zero-order valence-corrected chi connectivity index (χ0v) is 12.0. The molecule has 110 valence electrons. The number of carbonyl (C=O) groups excluding carboxylic acids is 1. The lowest BCUT2D eigenvalue weighted by Gasteiger charge is -2.34. The molecule has 1 unspecified atom stereocenters. The topological polar surface area (TPSA) is 58.8 Å². The Morgan fingerprint density at radius 3 is 2.68 bits per heavy atom. The molecular weight excluding hydrogens is 242 g/mol. The Balaban J connectivity index is 1.72. The molecule has 2 heterocycles. The third-order valence-corrected chi connectivity index (χ3v) is 4.35. The van der Waals surface area contributed by atoms with Crippen molar-refractivity contribution in [2.75, 3.05) is 39.9 Å². The van der Waals surface area contributed by atoms with E-state index in [-0.39, 0.29) is 5.91 Å². The van der Waals surface area contributed by atoms with Crippen LogP contribution in [0.2, 0.25) is 0 Å². The van der Waals surface area contributed by atoms with Gasteiger partial charge in [0.15, 0.2) is 0 Å². The minimum absolute atomic E-state index is 0.285. The zero-order chi connectivity index (χ0) is 13.7. The first-order valence-corrected chi connectivity index (χ1v) is 7.47. The van der Waals surface area contributed by atoms with E-state index < -0.39 is 0 Å². The van der Waals surface area contributed by atoms with Crippen LogP contribution in [0.5, 0.6) is 0 Å². The summed E-state index contributed by atoms with van der Waals surface area (Å²) in [5.74, 6) is 0.285. The van der Waals surface area contributed by atoms with Gasteiger partial charge in [0.25, 0.3) is 0 Å². The smallest absolute Gasteiger partial charge is 0.222 e. The highest BCUT2D eigenvalue weighted by atomic mass is 16.5. The van der Waals surface area contributed by atoms with Gasteiger partial charge in [-0.3, -0.25) is 9.69 Å². The summed E-state index contributed by atoms with van der Waals surface area (Å²) in [6.07, 6.45) is 4.75. The summed E-state index contributed by atoms with van der Waals surface area (Å²) in [6, 6.07) is 0.934. The molecule has 5 nitrogen and oxygen atoms in total. The number of nitrogens with two attached hydrogens (primary N) is 1. The number of carbonyl (C=O) groups is 1. The lowest BCUT2D eigenvalue weighted by atomic mass is 10.0. The van der Waals surface area contributed by atoms with Crippen LogP contribution >= 0.6 is 0 Å². The fourth-order valence-corrected chi connectivity index (χ4v) is 3.08. The van der Waals surface area contributed by atoms with E-state index in [1.165, 1.54) is 0 Å². The van der Waals surface area contributed by atoms with Gasteiger partial charge in [-0.15, -0.1) is 0 Å². The Hall–Kier alpha value is -0.650. The monoisotopic (exact) mass is 269 g/mol. The van der Waals surface area contributed by atoms with Gasteiger partial charge < -0.3 is 15.4 Å². The predicted octanol–water partition coefficient (Wildman–Crippen LogP) is 0.437. The highest BCUT2D eigenvalue weighted by Crippen LogP contribution is 2.20. The zero-order valence-electron chi connectivity index (χ0n) is 12.0. The Labute approximate surface area is 116 Å². The van der Waals surface area contributed by atoms with Gasteiger partial charge in [-0.1, -0.05) is 0 Å². The minimum Gasteiger partial charge on any atom is -0.385 e. The Morgan fingerprint density at radius 1 is 1.26 bits per heavy atom. The molecule has 2 fully saturated rings. The number of likely N-dealkylation sites (tertiary alicyclic amines) is 2. The van der Waals surface area contributed by atoms with Crippen LogP contribution in [-0.2, 0) is 9.53 Å². The van der Waals surface area contributed by atoms with Crippen LogP contribution in [0.1, 0.15) is 32.1 Å². The van der Waals surface area contributed by atoms with E-state index >= 15 is 0 Å². The Bertz CT molecular complexity index is 290. The molecule has 2 aliphatic heterocycles. The van der Waals surface area contributed by atoms with E-state index in [2.05, 4.69) is 4.90 Å². The second-order valence-electron chi connectivity index (χ2n) is 5.75. The molecule has 1 atom stereocenters. The second-order valence-corrected chi connectivity index (χ2v) is 5.75. The Kier molecular flexibility index (Phi) is 5.60. The average Bonchev–Trinajstić information content (AvgIpc) is 2.89. The lowest BCUT2D eigenvalue weighted by Crippen LogP contribution is -2.46. The summed E-state index contributed by atoms with van der Waals surface area (Å²) in [6.45, 7) is 4.68. The molecule has 0 radical (unpaired) electrons. The maximum Gasteiger partial charge on any atom is 0.222 e. The largest absolute Gasteiger partial charge is 0.385 e. The van der Waals surface area contributed by atoms with Crippen molar-refractivity contribution in [2.45, 2.75) is 44.2 Å². The fraction of sp³-hybridized carbons (Fsp3) is 0.929. The van der Waals surface area contributed by atoms with Crippen LogP contribution in [0.25, 0.3) is 0 Å². The summed E-state index contributed by atoms with van der Waals surface area (Å²) in [5.41, 5.74) is 5.94. The number of hydrogen-bond donors (Lipinski definition) is 1. The van der Waals surface area contributed by atoms with E-state index in [4.69, 9.17) is 10.5 Å². The molecule has 0 saturated carbocycles. The molecule has 0 bridgehead atoms. The fourth-order valence-electron chi connectivity index (χ4n) is 3.08. The van der Waals surface area contributed by atoms with E-state index in [1.807, 2.05) is 4.90 Å². The molecule has 2 rings (SSSR count). The van der Waals surface area contributed by atoms with Gasteiger partial charge in [0.05, 0.1) is 0 Å². The van der Waals surface area contributed by atoms with Gasteiger partial charge in [-0.05, 0) is 38.8 Å². The van der Waals surface area contributed by atoms with Crippen molar-refractivity contribution in [2.24, 2.45) is 5.73 Å². The second kappa shape index (κ2) is 7.22. The first-order chi connectivity index (χ1) is 9.20. The van der Waals surface area contributed by atoms with Crippen molar-refractivity contribution in [3.8, 4) is 0 Å². The molecule has 0 aromatic rings. The number of rotatable bonds is 5. The van der Waals surface area contributed by atoms with Crippen molar-refractivity contribution >= 4 is 5.91 Å². The van der Waals surface area contributed by atoms with E-state index in [9.17, 15) is 4.79 Å². The standard InChI is InChI=1S/C14H27N3O2/c1-19-10-2-3-14(18)17-9-6-13(11-17)16-7-4-12(15)5-8-16/h12-13H,2-11,15H2,1H3. The molecule has 2 aliphatic rings. The molecule has 0 aromatic carbocycles. The highest BCUT2D eigenvalue weighted by molar-refractivity contribution is 5.76. The van der Waals surface area contributed by atoms with Crippen LogP contribution in [-0.4, -0.2) is 67.7 Å². The van der Waals surface area contributed by atoms with Crippen molar-refractivity contribution in [1.29, 1.82) is 0 Å². The minimum atomic E-state index is 0.285. The van der Waals surface area contributed by atoms with Crippen molar-refractivity contribution in [1.82, 2.24) is 9.80 Å². The van der Waals surface area contributed by atoms with E-state index in [0.717, 1.165) is 51.9 Å². The van der Waals surface area contributed by atoms with Crippen LogP contribution in [0, 0.1) is 0 Å². The number of nitrogens with zero attached hydrogens (tertiary/aromatic N) is 2. The summed E-state index contributed by atoms with van der Waals surface area (Å²) < 4.78 is 4.99. The van der Waals surface area contributed by atoms with Crippen molar-refractivity contribution < 1.29 is 9.53 Å². The van der Waals surface area contributed by atoms with Gasteiger partial charge >= 0.3 is 0 Å². The summed E-state index contributed by atoms with van der Waals surface area (Å²) >= 11 is 0. The number of amides is 1. The normalized spacial score (nSPS) is 26.0. The van der Waals surface area contributed by atoms with Crippen LogP contribution in [0.15, 0.2) is 0 Å². The SMILES string of the molecule is COCCCC(=O)N1CCC(N2CCC(N)CC2)C1. The number of methoxy groups -OCH3 is 1. The van der Waals surface area contributed by atoms with Crippen molar-refractivity contribution in [3.05, 3.63) is 0 Å². The molecule has 0 spiro atoms. The van der Waals surface area contributed by atoms with Gasteiger partial charge in [-0.25, -0.2) is 0 Å². The lowest BCUT2D eigenvalue weighted by molar-refractivity contribution is -0.130. The van der Waals surface area contributed by atoms with Crippen molar-refractivity contribution in [3.63, 3.8) is 0 Å². The van der Waals surface area contributed by atoms with E-state index in [0.29, 0.717) is 25.1 Å². The molecule has 2 N–H and O–H groups in total. The third kappa shape index (κ3) is 4.16. The first kappa shape index (κ1) is 14.8. The summed E-state index contributed by atoms with van der Waals surface area (Å²) in [5, 5.41) is 0. The number of piperidine rings is 1. The summed E-state index contributed by atoms with van der Waals surface area (Å²) in [4.78, 5) is 16.6.